The SMILES string of the molecule is CCN(c1nc(C)c(CO)s1)C(C)CN(C)C. The fraction of sp³-hybridized carbons (Fsp3) is 0.750. The van der Waals surface area contributed by atoms with Crippen LogP contribution < -0.4 is 4.90 Å². The molecule has 0 aliphatic rings. The maximum absolute atomic E-state index is 9.21. The topological polar surface area (TPSA) is 39.6 Å². The number of hydrogen-bond acceptors (Lipinski definition) is 5. The first-order valence-electron chi connectivity index (χ1n) is 5.98. The van der Waals surface area contributed by atoms with E-state index in [4.69, 9.17) is 0 Å². The predicted octanol–water partition coefficient (Wildman–Crippen LogP) is 1.72. The Labute approximate surface area is 108 Å². The van der Waals surface area contributed by atoms with Crippen molar-refractivity contribution in [3.8, 4) is 0 Å². The molecule has 0 amide bonds. The maximum atomic E-state index is 9.21. The van der Waals surface area contributed by atoms with Gasteiger partial charge < -0.3 is 14.9 Å². The fourth-order valence-corrected chi connectivity index (χ4v) is 3.03. The molecule has 0 saturated carbocycles. The van der Waals surface area contributed by atoms with Gasteiger partial charge in [0.1, 0.15) is 0 Å². The zero-order valence-corrected chi connectivity index (χ0v) is 12.2. The highest BCUT2D eigenvalue weighted by molar-refractivity contribution is 7.15. The normalized spacial score (nSPS) is 13.1. The second-order valence-electron chi connectivity index (χ2n) is 4.56. The summed E-state index contributed by atoms with van der Waals surface area (Å²) in [5.41, 5.74) is 0.947. The minimum Gasteiger partial charge on any atom is -0.391 e. The van der Waals surface area contributed by atoms with E-state index in [1.807, 2.05) is 6.92 Å². The van der Waals surface area contributed by atoms with E-state index >= 15 is 0 Å². The summed E-state index contributed by atoms with van der Waals surface area (Å²) in [7, 11) is 4.16. The summed E-state index contributed by atoms with van der Waals surface area (Å²) in [5.74, 6) is 0. The number of likely N-dealkylation sites (N-methyl/N-ethyl adjacent to an activating group) is 2. The average Bonchev–Trinajstić information content (AvgIpc) is 2.59. The lowest BCUT2D eigenvalue weighted by molar-refractivity contribution is 0.284. The van der Waals surface area contributed by atoms with Crippen molar-refractivity contribution in [2.75, 3.05) is 32.1 Å². The molecule has 17 heavy (non-hydrogen) atoms. The summed E-state index contributed by atoms with van der Waals surface area (Å²) >= 11 is 1.59. The molecule has 0 spiro atoms. The molecule has 0 radical (unpaired) electrons. The Bertz CT molecular complexity index is 352. The van der Waals surface area contributed by atoms with Gasteiger partial charge in [-0.25, -0.2) is 4.98 Å². The van der Waals surface area contributed by atoms with Gasteiger partial charge >= 0.3 is 0 Å². The van der Waals surface area contributed by atoms with Gasteiger partial charge in [-0.2, -0.15) is 0 Å². The standard InChI is InChI=1S/C12H23N3OS/c1-6-15(9(2)7-14(4)5)12-13-10(3)11(8-16)17-12/h9,16H,6-8H2,1-5H3. The Morgan fingerprint density at radius 2 is 2.06 bits per heavy atom. The third kappa shape index (κ3) is 3.66. The Hall–Kier alpha value is -0.650. The molecule has 1 rings (SSSR count). The summed E-state index contributed by atoms with van der Waals surface area (Å²) < 4.78 is 0. The van der Waals surface area contributed by atoms with Crippen molar-refractivity contribution < 1.29 is 5.11 Å². The van der Waals surface area contributed by atoms with Gasteiger partial charge in [0.25, 0.3) is 0 Å². The van der Waals surface area contributed by atoms with Crippen LogP contribution in [0.1, 0.15) is 24.4 Å². The number of aliphatic hydroxyl groups is 1. The van der Waals surface area contributed by atoms with Crippen LogP contribution in [0.5, 0.6) is 0 Å². The number of aryl methyl sites for hydroxylation is 1. The molecule has 0 aromatic carbocycles. The van der Waals surface area contributed by atoms with Crippen molar-refractivity contribution in [2.24, 2.45) is 0 Å². The summed E-state index contributed by atoms with van der Waals surface area (Å²) in [6.45, 7) is 8.33. The van der Waals surface area contributed by atoms with E-state index in [9.17, 15) is 5.11 Å². The highest BCUT2D eigenvalue weighted by atomic mass is 32.1. The lowest BCUT2D eigenvalue weighted by atomic mass is 10.3. The van der Waals surface area contributed by atoms with Crippen molar-refractivity contribution in [1.82, 2.24) is 9.88 Å². The monoisotopic (exact) mass is 257 g/mol. The van der Waals surface area contributed by atoms with Crippen LogP contribution in [0.4, 0.5) is 5.13 Å². The number of nitrogens with zero attached hydrogens (tertiary/aromatic N) is 3. The van der Waals surface area contributed by atoms with Gasteiger partial charge in [0.2, 0.25) is 0 Å². The van der Waals surface area contributed by atoms with Crippen LogP contribution in [-0.4, -0.2) is 48.2 Å². The molecule has 1 aromatic heterocycles. The summed E-state index contributed by atoms with van der Waals surface area (Å²) in [4.78, 5) is 9.98. The molecule has 4 nitrogen and oxygen atoms in total. The van der Waals surface area contributed by atoms with E-state index in [1.165, 1.54) is 0 Å². The van der Waals surface area contributed by atoms with Crippen LogP contribution in [0, 0.1) is 6.92 Å². The smallest absolute Gasteiger partial charge is 0.186 e. The average molecular weight is 257 g/mol. The van der Waals surface area contributed by atoms with Gasteiger partial charge in [0.15, 0.2) is 5.13 Å². The number of rotatable bonds is 6. The lowest BCUT2D eigenvalue weighted by Crippen LogP contribution is -2.40. The van der Waals surface area contributed by atoms with Crippen LogP contribution in [0.2, 0.25) is 0 Å². The number of anilines is 1. The molecule has 0 bridgehead atoms. The minimum absolute atomic E-state index is 0.0864. The van der Waals surface area contributed by atoms with Gasteiger partial charge in [-0.3, -0.25) is 0 Å². The molecule has 0 fully saturated rings. The Balaban J connectivity index is 2.85. The zero-order valence-electron chi connectivity index (χ0n) is 11.4. The van der Waals surface area contributed by atoms with Gasteiger partial charge in [0.05, 0.1) is 17.2 Å². The molecular formula is C12H23N3OS. The summed E-state index contributed by atoms with van der Waals surface area (Å²) in [6.07, 6.45) is 0. The van der Waals surface area contributed by atoms with Crippen LogP contribution in [0.3, 0.4) is 0 Å². The molecule has 0 saturated heterocycles. The fourth-order valence-electron chi connectivity index (χ4n) is 1.94. The van der Waals surface area contributed by atoms with E-state index in [0.717, 1.165) is 28.8 Å². The van der Waals surface area contributed by atoms with E-state index in [0.29, 0.717) is 6.04 Å². The van der Waals surface area contributed by atoms with Crippen LogP contribution in [-0.2, 0) is 6.61 Å². The number of aliphatic hydroxyl groups excluding tert-OH is 1. The third-order valence-electron chi connectivity index (χ3n) is 2.77. The van der Waals surface area contributed by atoms with E-state index in [2.05, 4.69) is 42.7 Å². The summed E-state index contributed by atoms with van der Waals surface area (Å²) in [6, 6.07) is 0.423. The first-order chi connectivity index (χ1) is 7.99. The third-order valence-corrected chi connectivity index (χ3v) is 3.95. The van der Waals surface area contributed by atoms with E-state index in [-0.39, 0.29) is 6.61 Å². The molecule has 0 aliphatic carbocycles. The minimum atomic E-state index is 0.0864. The first kappa shape index (κ1) is 14.4. The quantitative estimate of drug-likeness (QED) is 0.842. The van der Waals surface area contributed by atoms with E-state index in [1.54, 1.807) is 11.3 Å². The summed E-state index contributed by atoms with van der Waals surface area (Å²) in [5, 5.41) is 10.2. The van der Waals surface area contributed by atoms with E-state index < -0.39 is 0 Å². The lowest BCUT2D eigenvalue weighted by Gasteiger charge is -2.29. The second kappa shape index (κ2) is 6.33. The molecule has 1 N–H and O–H groups in total. The maximum Gasteiger partial charge on any atom is 0.186 e. The van der Waals surface area contributed by atoms with Gasteiger partial charge in [-0.1, -0.05) is 11.3 Å². The van der Waals surface area contributed by atoms with Crippen molar-refractivity contribution >= 4 is 16.5 Å². The largest absolute Gasteiger partial charge is 0.391 e. The van der Waals surface area contributed by atoms with Crippen LogP contribution >= 0.6 is 11.3 Å². The van der Waals surface area contributed by atoms with Gasteiger partial charge in [0, 0.05) is 19.1 Å². The predicted molar refractivity (Wildman–Crippen MR) is 73.8 cm³/mol. The first-order valence-corrected chi connectivity index (χ1v) is 6.79. The van der Waals surface area contributed by atoms with Crippen LogP contribution in [0.25, 0.3) is 0 Å². The Kier molecular flexibility index (Phi) is 5.36. The van der Waals surface area contributed by atoms with Crippen molar-refractivity contribution in [3.05, 3.63) is 10.6 Å². The number of aromatic nitrogens is 1. The van der Waals surface area contributed by atoms with Gasteiger partial charge in [-0.15, -0.1) is 0 Å². The molecule has 0 aliphatic heterocycles. The van der Waals surface area contributed by atoms with Gasteiger partial charge in [-0.05, 0) is 34.9 Å². The number of hydrogen-bond donors (Lipinski definition) is 1. The highest BCUT2D eigenvalue weighted by Gasteiger charge is 2.18. The molecule has 5 heteroatoms. The Morgan fingerprint density at radius 3 is 2.47 bits per heavy atom. The second-order valence-corrected chi connectivity index (χ2v) is 5.62. The van der Waals surface area contributed by atoms with Crippen molar-refractivity contribution in [3.63, 3.8) is 0 Å². The molecule has 98 valence electrons. The molecule has 1 atom stereocenters. The highest BCUT2D eigenvalue weighted by Crippen LogP contribution is 2.27. The van der Waals surface area contributed by atoms with Crippen molar-refractivity contribution in [2.45, 2.75) is 33.4 Å². The van der Waals surface area contributed by atoms with Crippen molar-refractivity contribution in [1.29, 1.82) is 0 Å². The molecular weight excluding hydrogens is 234 g/mol. The zero-order chi connectivity index (χ0) is 13.0. The number of thiazole rings is 1. The molecule has 1 unspecified atom stereocenters. The molecule has 1 heterocycles. The molecule has 1 aromatic rings. The Morgan fingerprint density at radius 1 is 1.41 bits per heavy atom. The van der Waals surface area contributed by atoms with Crippen LogP contribution in [0.15, 0.2) is 0 Å².